The number of aromatic nitrogens is 1. The number of rotatable bonds is 6. The van der Waals surface area contributed by atoms with E-state index in [2.05, 4.69) is 48.0 Å². The number of carbonyl (C=O) groups excluding carboxylic acids is 2. The van der Waals surface area contributed by atoms with Crippen LogP contribution in [0.1, 0.15) is 49.0 Å². The van der Waals surface area contributed by atoms with E-state index in [1.807, 2.05) is 11.0 Å². The van der Waals surface area contributed by atoms with Crippen LogP contribution in [0.15, 0.2) is 48.7 Å². The first-order chi connectivity index (χ1) is 15.4. The maximum Gasteiger partial charge on any atom is 0.255 e. The number of nitrogens with zero attached hydrogens (tertiary/aromatic N) is 3. The summed E-state index contributed by atoms with van der Waals surface area (Å²) in [5.74, 6) is 1.17. The Morgan fingerprint density at radius 1 is 1.16 bits per heavy atom. The van der Waals surface area contributed by atoms with Crippen LogP contribution in [0.3, 0.4) is 0 Å². The van der Waals surface area contributed by atoms with Crippen LogP contribution in [0.5, 0.6) is 5.88 Å². The second-order valence-corrected chi connectivity index (χ2v) is 9.56. The Labute approximate surface area is 190 Å². The molecule has 0 unspecified atom stereocenters. The minimum Gasteiger partial charge on any atom is -0.481 e. The fourth-order valence-corrected chi connectivity index (χ4v) is 5.18. The van der Waals surface area contributed by atoms with Gasteiger partial charge in [0.15, 0.2) is 0 Å². The number of likely N-dealkylation sites (tertiary alicyclic amines) is 2. The summed E-state index contributed by atoms with van der Waals surface area (Å²) in [6.07, 6.45) is 4.77. The predicted molar refractivity (Wildman–Crippen MR) is 123 cm³/mol. The Balaban J connectivity index is 1.46. The second kappa shape index (κ2) is 9.31. The molecule has 1 aromatic heterocycles. The monoisotopic (exact) mass is 435 g/mol. The number of amides is 2. The summed E-state index contributed by atoms with van der Waals surface area (Å²) in [6.45, 7) is 6.33. The zero-order valence-corrected chi connectivity index (χ0v) is 19.3. The van der Waals surface area contributed by atoms with Gasteiger partial charge in [-0.25, -0.2) is 4.98 Å². The highest BCUT2D eigenvalue weighted by Gasteiger charge is 2.52. The highest BCUT2D eigenvalue weighted by molar-refractivity contribution is 5.94. The van der Waals surface area contributed by atoms with E-state index in [-0.39, 0.29) is 23.3 Å². The quantitative estimate of drug-likeness (QED) is 0.692. The summed E-state index contributed by atoms with van der Waals surface area (Å²) in [5, 5.41) is 0. The largest absolute Gasteiger partial charge is 0.481 e. The lowest BCUT2D eigenvalue weighted by molar-refractivity contribution is -0.139. The van der Waals surface area contributed by atoms with Crippen LogP contribution in [0.4, 0.5) is 0 Å². The number of piperidine rings is 1. The third-order valence-corrected chi connectivity index (χ3v) is 6.86. The molecule has 2 amide bonds. The summed E-state index contributed by atoms with van der Waals surface area (Å²) in [5.41, 5.74) is 1.49. The third-order valence-electron chi connectivity index (χ3n) is 6.86. The van der Waals surface area contributed by atoms with E-state index in [1.54, 1.807) is 25.4 Å². The molecule has 3 heterocycles. The molecule has 6 nitrogen and oxygen atoms in total. The minimum absolute atomic E-state index is 0.0275. The predicted octanol–water partition coefficient (Wildman–Crippen LogP) is 3.81. The maximum absolute atomic E-state index is 13.6. The van der Waals surface area contributed by atoms with Gasteiger partial charge in [0.25, 0.3) is 5.91 Å². The number of ether oxygens (including phenoxy) is 1. The SMILES string of the molecule is COc1ccc(C(=O)N2CCC3(CC2)C[C@@H](Cc2ccccc2)N(CC(C)C)C3=O)cn1. The van der Waals surface area contributed by atoms with Crippen molar-refractivity contribution < 1.29 is 14.3 Å². The Kier molecular flexibility index (Phi) is 6.49. The molecule has 1 atom stereocenters. The summed E-state index contributed by atoms with van der Waals surface area (Å²) in [6, 6.07) is 14.1. The van der Waals surface area contributed by atoms with Gasteiger partial charge in [0, 0.05) is 37.9 Å². The molecular weight excluding hydrogens is 402 g/mol. The molecule has 0 radical (unpaired) electrons. The summed E-state index contributed by atoms with van der Waals surface area (Å²) in [4.78, 5) is 34.7. The molecule has 2 aliphatic rings. The highest BCUT2D eigenvalue weighted by Crippen LogP contribution is 2.45. The van der Waals surface area contributed by atoms with Gasteiger partial charge in [0.05, 0.1) is 18.1 Å². The van der Waals surface area contributed by atoms with E-state index in [0.717, 1.165) is 32.2 Å². The lowest BCUT2D eigenvalue weighted by Crippen LogP contribution is -2.47. The second-order valence-electron chi connectivity index (χ2n) is 9.56. The Morgan fingerprint density at radius 3 is 2.47 bits per heavy atom. The van der Waals surface area contributed by atoms with Crippen molar-refractivity contribution in [2.24, 2.45) is 11.3 Å². The van der Waals surface area contributed by atoms with Gasteiger partial charge in [-0.2, -0.15) is 0 Å². The van der Waals surface area contributed by atoms with Crippen molar-refractivity contribution in [2.75, 3.05) is 26.7 Å². The number of pyridine rings is 1. The molecule has 0 saturated carbocycles. The van der Waals surface area contributed by atoms with Crippen LogP contribution in [-0.2, 0) is 11.2 Å². The lowest BCUT2D eigenvalue weighted by atomic mass is 9.75. The third kappa shape index (κ3) is 4.50. The lowest BCUT2D eigenvalue weighted by Gasteiger charge is -2.38. The van der Waals surface area contributed by atoms with Crippen molar-refractivity contribution in [2.45, 2.75) is 45.6 Å². The van der Waals surface area contributed by atoms with Crippen molar-refractivity contribution in [1.82, 2.24) is 14.8 Å². The molecular formula is C26H33N3O3. The van der Waals surface area contributed by atoms with Gasteiger partial charge in [-0.05, 0) is 43.2 Å². The van der Waals surface area contributed by atoms with Crippen molar-refractivity contribution >= 4 is 11.8 Å². The maximum atomic E-state index is 13.6. The summed E-state index contributed by atoms with van der Waals surface area (Å²) >= 11 is 0. The molecule has 32 heavy (non-hydrogen) atoms. The van der Waals surface area contributed by atoms with Crippen molar-refractivity contribution in [3.8, 4) is 5.88 Å². The average Bonchev–Trinajstić information content (AvgIpc) is 3.05. The van der Waals surface area contributed by atoms with Crippen LogP contribution in [0.2, 0.25) is 0 Å². The molecule has 2 aliphatic heterocycles. The fourth-order valence-electron chi connectivity index (χ4n) is 5.18. The first-order valence-electron chi connectivity index (χ1n) is 11.6. The summed E-state index contributed by atoms with van der Waals surface area (Å²) in [7, 11) is 1.56. The normalized spacial score (nSPS) is 20.2. The van der Waals surface area contributed by atoms with Gasteiger partial charge < -0.3 is 14.5 Å². The first kappa shape index (κ1) is 22.3. The van der Waals surface area contributed by atoms with Crippen LogP contribution in [0.25, 0.3) is 0 Å². The molecule has 1 aromatic carbocycles. The van der Waals surface area contributed by atoms with Crippen LogP contribution in [0, 0.1) is 11.3 Å². The van der Waals surface area contributed by atoms with Gasteiger partial charge in [-0.3, -0.25) is 9.59 Å². The number of benzene rings is 1. The Bertz CT molecular complexity index is 935. The molecule has 2 aromatic rings. The molecule has 0 bridgehead atoms. The number of carbonyl (C=O) groups is 2. The van der Waals surface area contributed by atoms with Crippen LogP contribution < -0.4 is 4.74 Å². The molecule has 0 N–H and O–H groups in total. The molecule has 170 valence electrons. The molecule has 2 fully saturated rings. The molecule has 1 spiro atoms. The van der Waals surface area contributed by atoms with E-state index in [0.29, 0.717) is 30.5 Å². The van der Waals surface area contributed by atoms with E-state index in [4.69, 9.17) is 4.74 Å². The standard InChI is InChI=1S/C26H33N3O3/c1-19(2)18-29-22(15-20-7-5-4-6-8-20)16-26(25(29)31)11-13-28(14-12-26)24(30)21-9-10-23(32-3)27-17-21/h4-10,17,19,22H,11-16,18H2,1-3H3/t22-/m1/s1. The first-order valence-corrected chi connectivity index (χ1v) is 11.6. The average molecular weight is 436 g/mol. The number of methoxy groups -OCH3 is 1. The van der Waals surface area contributed by atoms with Crippen LogP contribution >= 0.6 is 0 Å². The number of hydrogen-bond donors (Lipinski definition) is 0. The zero-order chi connectivity index (χ0) is 22.7. The summed E-state index contributed by atoms with van der Waals surface area (Å²) < 4.78 is 5.08. The minimum atomic E-state index is -0.344. The van der Waals surface area contributed by atoms with E-state index in [1.165, 1.54) is 5.56 Å². The van der Waals surface area contributed by atoms with Gasteiger partial charge >= 0.3 is 0 Å². The highest BCUT2D eigenvalue weighted by atomic mass is 16.5. The molecule has 0 aliphatic carbocycles. The Morgan fingerprint density at radius 2 is 1.88 bits per heavy atom. The molecule has 6 heteroatoms. The fraction of sp³-hybridized carbons (Fsp3) is 0.500. The van der Waals surface area contributed by atoms with Crippen molar-refractivity contribution in [3.63, 3.8) is 0 Å². The van der Waals surface area contributed by atoms with E-state index in [9.17, 15) is 9.59 Å². The Hall–Kier alpha value is -2.89. The van der Waals surface area contributed by atoms with Crippen LogP contribution in [-0.4, -0.2) is 59.4 Å². The van der Waals surface area contributed by atoms with Gasteiger partial charge in [0.2, 0.25) is 11.8 Å². The smallest absolute Gasteiger partial charge is 0.255 e. The molecule has 4 rings (SSSR count). The van der Waals surface area contributed by atoms with Gasteiger partial charge in [-0.1, -0.05) is 44.2 Å². The van der Waals surface area contributed by atoms with Gasteiger partial charge in [0.1, 0.15) is 0 Å². The van der Waals surface area contributed by atoms with Crippen molar-refractivity contribution in [1.29, 1.82) is 0 Å². The van der Waals surface area contributed by atoms with Crippen molar-refractivity contribution in [3.05, 3.63) is 59.8 Å². The van der Waals surface area contributed by atoms with E-state index >= 15 is 0 Å². The van der Waals surface area contributed by atoms with Gasteiger partial charge in [-0.15, -0.1) is 0 Å². The zero-order valence-electron chi connectivity index (χ0n) is 19.3. The van der Waals surface area contributed by atoms with E-state index < -0.39 is 0 Å². The topological polar surface area (TPSA) is 62.7 Å². The molecule has 2 saturated heterocycles. The number of hydrogen-bond acceptors (Lipinski definition) is 4.